The maximum atomic E-state index is 11.9. The first-order valence-corrected chi connectivity index (χ1v) is 6.21. The molecule has 4 nitrogen and oxygen atoms in total. The second-order valence-electron chi connectivity index (χ2n) is 3.89. The van der Waals surface area contributed by atoms with Crippen LogP contribution in [0.3, 0.4) is 0 Å². The Morgan fingerprint density at radius 3 is 3.20 bits per heavy atom. The summed E-state index contributed by atoms with van der Waals surface area (Å²) < 4.78 is 2.44. The van der Waals surface area contributed by atoms with Crippen LogP contribution in [-0.4, -0.2) is 22.1 Å². The van der Waals surface area contributed by atoms with Crippen LogP contribution in [0, 0.1) is 10.5 Å². The van der Waals surface area contributed by atoms with Gasteiger partial charge in [-0.2, -0.15) is 0 Å². The predicted octanol–water partition coefficient (Wildman–Crippen LogP) is 0.908. The van der Waals surface area contributed by atoms with Gasteiger partial charge in [-0.3, -0.25) is 9.36 Å². The van der Waals surface area contributed by atoms with Crippen LogP contribution in [0.2, 0.25) is 0 Å². The molecule has 0 radical (unpaired) electrons. The van der Waals surface area contributed by atoms with E-state index in [0.29, 0.717) is 6.04 Å². The van der Waals surface area contributed by atoms with Crippen LogP contribution in [-0.2, 0) is 6.54 Å². The van der Waals surface area contributed by atoms with Crippen molar-refractivity contribution in [3.05, 3.63) is 25.9 Å². The Morgan fingerprint density at radius 2 is 2.53 bits per heavy atom. The van der Waals surface area contributed by atoms with E-state index in [-0.39, 0.29) is 5.56 Å². The lowest BCUT2D eigenvalue weighted by Crippen LogP contribution is -2.33. The molecule has 0 bridgehead atoms. The van der Waals surface area contributed by atoms with Crippen LogP contribution < -0.4 is 10.9 Å². The molecule has 1 saturated heterocycles. The zero-order valence-corrected chi connectivity index (χ0v) is 10.8. The highest BCUT2D eigenvalue weighted by Gasteiger charge is 2.15. The molecule has 0 aliphatic carbocycles. The Hall–Kier alpha value is -0.430. The highest BCUT2D eigenvalue weighted by atomic mass is 127. The molecule has 0 amide bonds. The predicted molar refractivity (Wildman–Crippen MR) is 67.0 cm³/mol. The summed E-state index contributed by atoms with van der Waals surface area (Å²) in [6, 6.07) is 0.433. The molecule has 1 N–H and O–H groups in total. The standard InChI is InChI=1S/C10H14IN3O/c1-7-9(11)10(15)14(6-13-7)5-8-3-2-4-12-8/h6,8,12H,2-5H2,1H3/t8-/m0/s1. The van der Waals surface area contributed by atoms with Gasteiger partial charge in [-0.25, -0.2) is 4.98 Å². The monoisotopic (exact) mass is 319 g/mol. The van der Waals surface area contributed by atoms with E-state index in [1.165, 1.54) is 6.42 Å². The average Bonchev–Trinajstić information content (AvgIpc) is 2.72. The first-order chi connectivity index (χ1) is 7.18. The molecule has 0 unspecified atom stereocenters. The van der Waals surface area contributed by atoms with Gasteiger partial charge in [-0.15, -0.1) is 0 Å². The molecule has 1 aliphatic rings. The summed E-state index contributed by atoms with van der Waals surface area (Å²) in [6.45, 7) is 3.67. The normalized spacial score (nSPS) is 20.8. The molecular formula is C10H14IN3O. The van der Waals surface area contributed by atoms with Gasteiger partial charge in [0.15, 0.2) is 0 Å². The van der Waals surface area contributed by atoms with Crippen molar-refractivity contribution in [1.82, 2.24) is 14.9 Å². The minimum Gasteiger partial charge on any atom is -0.312 e. The highest BCUT2D eigenvalue weighted by molar-refractivity contribution is 14.1. The van der Waals surface area contributed by atoms with Crippen molar-refractivity contribution in [2.45, 2.75) is 32.4 Å². The van der Waals surface area contributed by atoms with E-state index >= 15 is 0 Å². The van der Waals surface area contributed by atoms with Crippen molar-refractivity contribution in [3.8, 4) is 0 Å². The summed E-state index contributed by atoms with van der Waals surface area (Å²) >= 11 is 2.06. The second kappa shape index (κ2) is 4.61. The lowest BCUT2D eigenvalue weighted by atomic mass is 10.2. The number of halogens is 1. The fraction of sp³-hybridized carbons (Fsp3) is 0.600. The van der Waals surface area contributed by atoms with E-state index in [4.69, 9.17) is 0 Å². The van der Waals surface area contributed by atoms with E-state index in [1.807, 2.05) is 6.92 Å². The molecule has 0 spiro atoms. The molecule has 5 heteroatoms. The molecule has 2 heterocycles. The number of aryl methyl sites for hydroxylation is 1. The van der Waals surface area contributed by atoms with E-state index < -0.39 is 0 Å². The molecule has 1 fully saturated rings. The highest BCUT2D eigenvalue weighted by Crippen LogP contribution is 2.07. The van der Waals surface area contributed by atoms with Crippen molar-refractivity contribution >= 4 is 22.6 Å². The smallest absolute Gasteiger partial charge is 0.267 e. The van der Waals surface area contributed by atoms with Gasteiger partial charge in [-0.05, 0) is 48.9 Å². The average molecular weight is 319 g/mol. The summed E-state index contributed by atoms with van der Waals surface area (Å²) in [5.41, 5.74) is 0.896. The Labute approximate surface area is 102 Å². The Kier molecular flexibility index (Phi) is 3.40. The van der Waals surface area contributed by atoms with Gasteiger partial charge in [-0.1, -0.05) is 0 Å². The van der Waals surface area contributed by atoms with Crippen LogP contribution >= 0.6 is 22.6 Å². The molecule has 1 aliphatic heterocycles. The number of hydrogen-bond donors (Lipinski definition) is 1. The van der Waals surface area contributed by atoms with Gasteiger partial charge < -0.3 is 5.32 Å². The number of nitrogens with zero attached hydrogens (tertiary/aromatic N) is 2. The lowest BCUT2D eigenvalue weighted by Gasteiger charge is -2.12. The zero-order chi connectivity index (χ0) is 10.8. The first-order valence-electron chi connectivity index (χ1n) is 5.13. The Bertz CT molecular complexity index is 410. The molecule has 0 aromatic carbocycles. The molecule has 1 aromatic heterocycles. The van der Waals surface area contributed by atoms with Gasteiger partial charge in [0, 0.05) is 12.6 Å². The third-order valence-corrected chi connectivity index (χ3v) is 3.98. The van der Waals surface area contributed by atoms with Gasteiger partial charge in [0.1, 0.15) is 0 Å². The van der Waals surface area contributed by atoms with Gasteiger partial charge in [0.25, 0.3) is 5.56 Å². The van der Waals surface area contributed by atoms with Crippen molar-refractivity contribution in [2.75, 3.05) is 6.54 Å². The fourth-order valence-corrected chi connectivity index (χ4v) is 2.28. The maximum Gasteiger partial charge on any atom is 0.267 e. The summed E-state index contributed by atoms with van der Waals surface area (Å²) in [4.78, 5) is 16.1. The van der Waals surface area contributed by atoms with Crippen LogP contribution in [0.4, 0.5) is 0 Å². The van der Waals surface area contributed by atoms with Crippen molar-refractivity contribution < 1.29 is 0 Å². The summed E-state index contributed by atoms with van der Waals surface area (Å²) in [5.74, 6) is 0. The van der Waals surface area contributed by atoms with E-state index in [9.17, 15) is 4.79 Å². The van der Waals surface area contributed by atoms with Crippen molar-refractivity contribution in [3.63, 3.8) is 0 Å². The number of rotatable bonds is 2. The number of nitrogens with one attached hydrogen (secondary N) is 1. The minimum atomic E-state index is 0.0804. The van der Waals surface area contributed by atoms with E-state index in [0.717, 1.165) is 28.8 Å². The molecule has 15 heavy (non-hydrogen) atoms. The van der Waals surface area contributed by atoms with Crippen LogP contribution in [0.5, 0.6) is 0 Å². The molecular weight excluding hydrogens is 305 g/mol. The fourth-order valence-electron chi connectivity index (χ4n) is 1.83. The summed E-state index contributed by atoms with van der Waals surface area (Å²) in [6.07, 6.45) is 4.01. The topological polar surface area (TPSA) is 46.9 Å². The molecule has 1 atom stereocenters. The largest absolute Gasteiger partial charge is 0.312 e. The van der Waals surface area contributed by atoms with Crippen molar-refractivity contribution in [2.24, 2.45) is 0 Å². The van der Waals surface area contributed by atoms with E-state index in [1.54, 1.807) is 10.9 Å². The van der Waals surface area contributed by atoms with Crippen LogP contribution in [0.1, 0.15) is 18.5 Å². The maximum absolute atomic E-state index is 11.9. The van der Waals surface area contributed by atoms with E-state index in [2.05, 4.69) is 32.9 Å². The van der Waals surface area contributed by atoms with Gasteiger partial charge in [0.2, 0.25) is 0 Å². The Morgan fingerprint density at radius 1 is 1.73 bits per heavy atom. The van der Waals surface area contributed by atoms with Gasteiger partial charge >= 0.3 is 0 Å². The summed E-state index contributed by atoms with van der Waals surface area (Å²) in [5, 5.41) is 3.38. The second-order valence-corrected chi connectivity index (χ2v) is 4.97. The third kappa shape index (κ3) is 2.39. The van der Waals surface area contributed by atoms with Crippen LogP contribution in [0.25, 0.3) is 0 Å². The number of hydrogen-bond acceptors (Lipinski definition) is 3. The quantitative estimate of drug-likeness (QED) is 0.824. The Balaban J connectivity index is 2.21. The van der Waals surface area contributed by atoms with Crippen LogP contribution in [0.15, 0.2) is 11.1 Å². The molecule has 1 aromatic rings. The molecule has 82 valence electrons. The molecule has 0 saturated carbocycles. The zero-order valence-electron chi connectivity index (χ0n) is 8.66. The van der Waals surface area contributed by atoms with Crippen molar-refractivity contribution in [1.29, 1.82) is 0 Å². The minimum absolute atomic E-state index is 0.0804. The first kappa shape index (κ1) is 11.1. The third-order valence-electron chi connectivity index (χ3n) is 2.74. The SMILES string of the molecule is Cc1ncn(C[C@@H]2CCCN2)c(=O)c1I. The summed E-state index contributed by atoms with van der Waals surface area (Å²) in [7, 11) is 0. The molecule has 2 rings (SSSR count). The van der Waals surface area contributed by atoms with Gasteiger partial charge in [0.05, 0.1) is 15.6 Å². The lowest BCUT2D eigenvalue weighted by molar-refractivity contribution is 0.492. The number of aromatic nitrogens is 2.